The summed E-state index contributed by atoms with van der Waals surface area (Å²) in [6.45, 7) is 14.2. The van der Waals surface area contributed by atoms with Crippen molar-refractivity contribution in [2.24, 2.45) is 0 Å². The fraction of sp³-hybridized carbons (Fsp3) is 0.647. The zero-order valence-electron chi connectivity index (χ0n) is 13.2. The van der Waals surface area contributed by atoms with Crippen LogP contribution in [-0.4, -0.2) is 18.6 Å². The van der Waals surface area contributed by atoms with E-state index in [1.54, 1.807) is 0 Å². The van der Waals surface area contributed by atoms with Crippen LogP contribution in [0.15, 0.2) is 24.3 Å². The van der Waals surface area contributed by atoms with Crippen LogP contribution in [0.2, 0.25) is 0 Å². The van der Waals surface area contributed by atoms with Crippen molar-refractivity contribution in [2.45, 2.75) is 59.0 Å². The van der Waals surface area contributed by atoms with Gasteiger partial charge < -0.3 is 10.6 Å². The monoisotopic (exact) mass is 262 g/mol. The highest BCUT2D eigenvalue weighted by atomic mass is 14.9. The number of rotatable bonds is 7. The molecule has 0 bridgehead atoms. The maximum Gasteiger partial charge on any atom is 0.0205 e. The van der Waals surface area contributed by atoms with E-state index < -0.39 is 0 Å². The second-order valence-electron chi connectivity index (χ2n) is 6.60. The summed E-state index contributed by atoms with van der Waals surface area (Å²) < 4.78 is 0. The zero-order valence-corrected chi connectivity index (χ0v) is 13.2. The average molecular weight is 262 g/mol. The lowest BCUT2D eigenvalue weighted by atomic mass is 10.0. The third-order valence-corrected chi connectivity index (χ3v) is 3.16. The Kier molecular flexibility index (Phi) is 6.53. The van der Waals surface area contributed by atoms with Crippen LogP contribution in [0, 0.1) is 0 Å². The van der Waals surface area contributed by atoms with E-state index in [0.717, 1.165) is 19.6 Å². The summed E-state index contributed by atoms with van der Waals surface area (Å²) >= 11 is 0. The van der Waals surface area contributed by atoms with E-state index in [1.165, 1.54) is 17.5 Å². The predicted octanol–water partition coefficient (Wildman–Crippen LogP) is 3.68. The molecule has 108 valence electrons. The Morgan fingerprint density at radius 1 is 1.00 bits per heavy atom. The SMILES string of the molecule is CC(C)c1ccc(CNCCCNC(C)(C)C)cc1. The second kappa shape index (κ2) is 7.66. The highest BCUT2D eigenvalue weighted by Crippen LogP contribution is 2.14. The molecular formula is C17H30N2. The van der Waals surface area contributed by atoms with E-state index in [1.807, 2.05) is 0 Å². The lowest BCUT2D eigenvalue weighted by Crippen LogP contribution is -2.37. The van der Waals surface area contributed by atoms with Gasteiger partial charge in [0.05, 0.1) is 0 Å². The maximum absolute atomic E-state index is 3.50. The first-order chi connectivity index (χ1) is 8.88. The number of nitrogens with one attached hydrogen (secondary N) is 2. The topological polar surface area (TPSA) is 24.1 Å². The largest absolute Gasteiger partial charge is 0.313 e. The van der Waals surface area contributed by atoms with Crippen molar-refractivity contribution >= 4 is 0 Å². The molecule has 0 spiro atoms. The van der Waals surface area contributed by atoms with Crippen LogP contribution < -0.4 is 10.6 Å². The van der Waals surface area contributed by atoms with Gasteiger partial charge in [0, 0.05) is 12.1 Å². The van der Waals surface area contributed by atoms with Gasteiger partial charge in [-0.15, -0.1) is 0 Å². The molecule has 0 amide bonds. The van der Waals surface area contributed by atoms with E-state index >= 15 is 0 Å². The fourth-order valence-corrected chi connectivity index (χ4v) is 1.93. The molecule has 0 saturated heterocycles. The molecule has 0 heterocycles. The van der Waals surface area contributed by atoms with Crippen LogP contribution in [0.25, 0.3) is 0 Å². The van der Waals surface area contributed by atoms with Gasteiger partial charge in [0.1, 0.15) is 0 Å². The Morgan fingerprint density at radius 3 is 2.16 bits per heavy atom. The smallest absolute Gasteiger partial charge is 0.0205 e. The van der Waals surface area contributed by atoms with E-state index in [-0.39, 0.29) is 5.54 Å². The summed E-state index contributed by atoms with van der Waals surface area (Å²) in [5, 5.41) is 7.00. The quantitative estimate of drug-likeness (QED) is 0.733. The molecule has 2 heteroatoms. The minimum atomic E-state index is 0.229. The van der Waals surface area contributed by atoms with E-state index in [0.29, 0.717) is 5.92 Å². The molecule has 0 aliphatic rings. The van der Waals surface area contributed by atoms with Gasteiger partial charge in [-0.25, -0.2) is 0 Å². The maximum atomic E-state index is 3.50. The summed E-state index contributed by atoms with van der Waals surface area (Å²) in [6.07, 6.45) is 1.17. The van der Waals surface area contributed by atoms with Crippen molar-refractivity contribution < 1.29 is 0 Å². The summed E-state index contributed by atoms with van der Waals surface area (Å²) in [5.41, 5.74) is 3.01. The first-order valence-electron chi connectivity index (χ1n) is 7.43. The molecule has 1 rings (SSSR count). The van der Waals surface area contributed by atoms with Gasteiger partial charge in [0.25, 0.3) is 0 Å². The molecular weight excluding hydrogens is 232 g/mol. The minimum absolute atomic E-state index is 0.229. The van der Waals surface area contributed by atoms with Gasteiger partial charge in [0.2, 0.25) is 0 Å². The molecule has 0 fully saturated rings. The lowest BCUT2D eigenvalue weighted by Gasteiger charge is -2.20. The molecule has 1 aromatic rings. The Hall–Kier alpha value is -0.860. The molecule has 0 atom stereocenters. The molecule has 0 aromatic heterocycles. The van der Waals surface area contributed by atoms with Crippen molar-refractivity contribution in [3.63, 3.8) is 0 Å². The molecule has 2 N–H and O–H groups in total. The Labute approximate surface area is 119 Å². The van der Waals surface area contributed by atoms with Crippen LogP contribution in [0.1, 0.15) is 58.1 Å². The van der Waals surface area contributed by atoms with Gasteiger partial charge >= 0.3 is 0 Å². The first kappa shape index (κ1) is 16.2. The Bertz CT molecular complexity index is 347. The zero-order chi connectivity index (χ0) is 14.3. The summed E-state index contributed by atoms with van der Waals surface area (Å²) in [7, 11) is 0. The van der Waals surface area contributed by atoms with Gasteiger partial charge in [-0.2, -0.15) is 0 Å². The Balaban J connectivity index is 2.16. The first-order valence-corrected chi connectivity index (χ1v) is 7.43. The third kappa shape index (κ3) is 7.34. The molecule has 0 radical (unpaired) electrons. The highest BCUT2D eigenvalue weighted by Gasteiger charge is 2.06. The van der Waals surface area contributed by atoms with Gasteiger partial charge in [-0.3, -0.25) is 0 Å². The summed E-state index contributed by atoms with van der Waals surface area (Å²) in [5.74, 6) is 0.616. The van der Waals surface area contributed by atoms with Crippen molar-refractivity contribution in [1.29, 1.82) is 0 Å². The van der Waals surface area contributed by atoms with E-state index in [4.69, 9.17) is 0 Å². The normalized spacial score (nSPS) is 12.1. The van der Waals surface area contributed by atoms with Crippen LogP contribution >= 0.6 is 0 Å². The van der Waals surface area contributed by atoms with Gasteiger partial charge in [-0.05, 0) is 57.3 Å². The lowest BCUT2D eigenvalue weighted by molar-refractivity contribution is 0.418. The van der Waals surface area contributed by atoms with E-state index in [9.17, 15) is 0 Å². The van der Waals surface area contributed by atoms with Crippen molar-refractivity contribution in [3.8, 4) is 0 Å². The molecule has 19 heavy (non-hydrogen) atoms. The predicted molar refractivity (Wildman–Crippen MR) is 84.6 cm³/mol. The van der Waals surface area contributed by atoms with Crippen LogP contribution in [-0.2, 0) is 6.54 Å². The molecule has 2 nitrogen and oxygen atoms in total. The van der Waals surface area contributed by atoms with Crippen LogP contribution in [0.4, 0.5) is 0 Å². The van der Waals surface area contributed by atoms with Gasteiger partial charge in [0.15, 0.2) is 0 Å². The second-order valence-corrected chi connectivity index (χ2v) is 6.60. The summed E-state index contributed by atoms with van der Waals surface area (Å²) in [6, 6.07) is 8.94. The summed E-state index contributed by atoms with van der Waals surface area (Å²) in [4.78, 5) is 0. The minimum Gasteiger partial charge on any atom is -0.313 e. The standard InChI is InChI=1S/C17H30N2/c1-14(2)16-9-7-15(8-10-16)13-18-11-6-12-19-17(3,4)5/h7-10,14,18-19H,6,11-13H2,1-5H3. The molecule has 0 aliphatic carbocycles. The third-order valence-electron chi connectivity index (χ3n) is 3.16. The highest BCUT2D eigenvalue weighted by molar-refractivity contribution is 5.24. The van der Waals surface area contributed by atoms with E-state index in [2.05, 4.69) is 69.5 Å². The van der Waals surface area contributed by atoms with Crippen molar-refractivity contribution in [3.05, 3.63) is 35.4 Å². The molecule has 0 saturated carbocycles. The van der Waals surface area contributed by atoms with Crippen molar-refractivity contribution in [1.82, 2.24) is 10.6 Å². The molecule has 1 aromatic carbocycles. The molecule has 0 aliphatic heterocycles. The number of benzene rings is 1. The van der Waals surface area contributed by atoms with Crippen LogP contribution in [0.5, 0.6) is 0 Å². The number of hydrogen-bond donors (Lipinski definition) is 2. The average Bonchev–Trinajstić information content (AvgIpc) is 2.33. The van der Waals surface area contributed by atoms with Crippen LogP contribution in [0.3, 0.4) is 0 Å². The Morgan fingerprint density at radius 2 is 1.63 bits per heavy atom. The fourth-order valence-electron chi connectivity index (χ4n) is 1.93. The number of hydrogen-bond acceptors (Lipinski definition) is 2. The van der Waals surface area contributed by atoms with Crippen molar-refractivity contribution in [2.75, 3.05) is 13.1 Å². The van der Waals surface area contributed by atoms with Gasteiger partial charge in [-0.1, -0.05) is 38.1 Å². The molecule has 0 unspecified atom stereocenters.